The highest BCUT2D eigenvalue weighted by molar-refractivity contribution is 5.66. The van der Waals surface area contributed by atoms with E-state index in [-0.39, 0.29) is 6.42 Å². The highest BCUT2D eigenvalue weighted by atomic mass is 16.4. The van der Waals surface area contributed by atoms with Gasteiger partial charge in [0.15, 0.2) is 0 Å². The van der Waals surface area contributed by atoms with Crippen LogP contribution < -0.4 is 0 Å². The maximum absolute atomic E-state index is 10.4. The maximum Gasteiger partial charge on any atom is 0.303 e. The van der Waals surface area contributed by atoms with E-state index in [9.17, 15) is 4.79 Å². The van der Waals surface area contributed by atoms with Crippen molar-refractivity contribution in [1.29, 1.82) is 0 Å². The van der Waals surface area contributed by atoms with E-state index in [1.807, 2.05) is 0 Å². The Bertz CT molecular complexity index is 501. The van der Waals surface area contributed by atoms with Crippen molar-refractivity contribution in [1.82, 2.24) is 0 Å². The lowest BCUT2D eigenvalue weighted by molar-refractivity contribution is -0.137. The highest BCUT2D eigenvalue weighted by Gasteiger charge is 2.27. The first-order valence-electron chi connectivity index (χ1n) is 12.9. The van der Waals surface area contributed by atoms with Gasteiger partial charge >= 0.3 is 5.97 Å². The minimum absolute atomic E-state index is 0.284. The smallest absolute Gasteiger partial charge is 0.303 e. The van der Waals surface area contributed by atoms with E-state index in [1.165, 1.54) is 89.9 Å². The molecule has 0 aromatic heterocycles. The van der Waals surface area contributed by atoms with Crippen LogP contribution in [-0.2, 0) is 4.79 Å². The predicted molar refractivity (Wildman–Crippen MR) is 131 cm³/mol. The third-order valence-electron chi connectivity index (χ3n) is 6.08. The summed E-state index contributed by atoms with van der Waals surface area (Å²) >= 11 is 0. The van der Waals surface area contributed by atoms with E-state index < -0.39 is 5.97 Å². The number of rotatable bonds is 21. The number of hydrogen-bond acceptors (Lipinski definition) is 1. The Kier molecular flexibility index (Phi) is 17.5. The molecular weight excluding hydrogens is 368 g/mol. The number of carboxylic acids is 1. The van der Waals surface area contributed by atoms with Crippen LogP contribution in [0.1, 0.15) is 129 Å². The average Bonchev–Trinajstić information content (AvgIpc) is 3.48. The zero-order chi connectivity index (χ0) is 21.7. The molecule has 0 aromatic carbocycles. The summed E-state index contributed by atoms with van der Waals surface area (Å²) in [5.74, 6) is 0.205. The highest BCUT2D eigenvalue weighted by Crippen LogP contribution is 2.42. The summed E-state index contributed by atoms with van der Waals surface area (Å²) in [6.45, 7) is 2.27. The lowest BCUT2D eigenvalue weighted by atomic mass is 10.1. The van der Waals surface area contributed by atoms with Gasteiger partial charge in [-0.1, -0.05) is 94.2 Å². The van der Waals surface area contributed by atoms with E-state index >= 15 is 0 Å². The van der Waals surface area contributed by atoms with Crippen LogP contribution in [0.25, 0.3) is 0 Å². The fraction of sp³-hybridized carbons (Fsp3) is 0.750. The topological polar surface area (TPSA) is 37.3 Å². The predicted octanol–water partition coefficient (Wildman–Crippen LogP) is 9.17. The Morgan fingerprint density at radius 2 is 1.33 bits per heavy atom. The van der Waals surface area contributed by atoms with Crippen molar-refractivity contribution in [3.8, 4) is 0 Å². The lowest BCUT2D eigenvalue weighted by Gasteiger charge is -2.00. The molecule has 2 nitrogen and oxygen atoms in total. The number of aliphatic carboxylic acids is 1. The summed E-state index contributed by atoms with van der Waals surface area (Å²) in [4.78, 5) is 10.4. The van der Waals surface area contributed by atoms with Gasteiger partial charge in [-0.15, -0.1) is 0 Å². The molecule has 0 bridgehead atoms. The summed E-state index contributed by atoms with van der Waals surface area (Å²) in [7, 11) is 0. The Labute approximate surface area is 186 Å². The van der Waals surface area contributed by atoms with Crippen molar-refractivity contribution in [3.63, 3.8) is 0 Å². The molecule has 0 unspecified atom stereocenters. The fourth-order valence-electron chi connectivity index (χ4n) is 4.02. The first kappa shape index (κ1) is 26.7. The zero-order valence-electron chi connectivity index (χ0n) is 19.8. The summed E-state index contributed by atoms with van der Waals surface area (Å²) in [6, 6.07) is 0. The molecule has 30 heavy (non-hydrogen) atoms. The third-order valence-corrected chi connectivity index (χ3v) is 6.08. The van der Waals surface area contributed by atoms with Crippen molar-refractivity contribution >= 4 is 5.97 Å². The van der Waals surface area contributed by atoms with E-state index in [1.54, 1.807) is 5.57 Å². The number of unbranched alkanes of at least 4 members (excludes halogenated alkanes) is 12. The Hall–Kier alpha value is -1.31. The van der Waals surface area contributed by atoms with Crippen LogP contribution in [0.5, 0.6) is 0 Å². The van der Waals surface area contributed by atoms with E-state index in [0.717, 1.165) is 31.6 Å². The molecule has 1 saturated carbocycles. The standard InChI is InChI=1S/C28H48O2/c1-2-3-4-5-6-7-8-9-10-11-12-13-16-19-22-26-25-27(26)23-20-17-14-15-18-21-24-28(29)30/h7-8,14-15,23,26H,2-6,9-13,16-22,24-25H2,1H3,(H,29,30)/b8-7-,15-14-,27-23+/t26-/m1/s1. The molecular formula is C28H48O2. The molecule has 1 fully saturated rings. The van der Waals surface area contributed by atoms with E-state index in [4.69, 9.17) is 5.11 Å². The Morgan fingerprint density at radius 1 is 0.767 bits per heavy atom. The molecule has 1 rings (SSSR count). The normalized spacial score (nSPS) is 17.5. The van der Waals surface area contributed by atoms with Gasteiger partial charge in [-0.25, -0.2) is 0 Å². The zero-order valence-corrected chi connectivity index (χ0v) is 19.8. The molecule has 0 radical (unpaired) electrons. The van der Waals surface area contributed by atoms with Crippen LogP contribution in [0.15, 0.2) is 36.0 Å². The van der Waals surface area contributed by atoms with Crippen molar-refractivity contribution in [2.75, 3.05) is 0 Å². The van der Waals surface area contributed by atoms with Gasteiger partial charge in [0.25, 0.3) is 0 Å². The molecule has 1 atom stereocenters. The van der Waals surface area contributed by atoms with Crippen molar-refractivity contribution < 1.29 is 9.90 Å². The number of carboxylic acid groups (broad SMARTS) is 1. The van der Waals surface area contributed by atoms with Gasteiger partial charge in [0, 0.05) is 6.42 Å². The molecule has 172 valence electrons. The number of hydrogen-bond donors (Lipinski definition) is 1. The monoisotopic (exact) mass is 416 g/mol. The minimum atomic E-state index is -0.691. The van der Waals surface area contributed by atoms with Gasteiger partial charge in [-0.2, -0.15) is 0 Å². The molecule has 0 aliphatic heterocycles. The lowest BCUT2D eigenvalue weighted by Crippen LogP contribution is -1.92. The van der Waals surface area contributed by atoms with Crippen LogP contribution >= 0.6 is 0 Å². The quantitative estimate of drug-likeness (QED) is 0.149. The molecule has 1 aliphatic rings. The fourth-order valence-corrected chi connectivity index (χ4v) is 4.02. The van der Waals surface area contributed by atoms with E-state index in [2.05, 4.69) is 37.3 Å². The van der Waals surface area contributed by atoms with Crippen molar-refractivity contribution in [2.45, 2.75) is 129 Å². The SMILES string of the molecule is CCCCCC/C=C\CCCCCCCC[C@@H]1C/C1=C\CC/C=C\CCCC(=O)O. The first-order valence-corrected chi connectivity index (χ1v) is 12.9. The molecule has 0 amide bonds. The summed E-state index contributed by atoms with van der Waals surface area (Å²) in [6.07, 6.45) is 35.0. The first-order chi connectivity index (χ1) is 14.7. The van der Waals surface area contributed by atoms with Gasteiger partial charge < -0.3 is 5.11 Å². The van der Waals surface area contributed by atoms with Crippen molar-refractivity contribution in [3.05, 3.63) is 36.0 Å². The molecule has 0 saturated heterocycles. The minimum Gasteiger partial charge on any atom is -0.481 e. The molecule has 1 aliphatic carbocycles. The van der Waals surface area contributed by atoms with Gasteiger partial charge in [-0.3, -0.25) is 4.79 Å². The second-order valence-corrected chi connectivity index (χ2v) is 9.03. The van der Waals surface area contributed by atoms with Gasteiger partial charge in [0.1, 0.15) is 0 Å². The van der Waals surface area contributed by atoms with Crippen molar-refractivity contribution in [2.24, 2.45) is 5.92 Å². The average molecular weight is 417 g/mol. The summed E-state index contributed by atoms with van der Waals surface area (Å²) < 4.78 is 0. The molecule has 0 spiro atoms. The summed E-state index contributed by atoms with van der Waals surface area (Å²) in [5.41, 5.74) is 1.69. The number of carbonyl (C=O) groups is 1. The van der Waals surface area contributed by atoms with Crippen LogP contribution in [-0.4, -0.2) is 11.1 Å². The van der Waals surface area contributed by atoms with E-state index in [0.29, 0.717) is 0 Å². The Balaban J connectivity index is 1.81. The second kappa shape index (κ2) is 19.6. The largest absolute Gasteiger partial charge is 0.481 e. The molecule has 0 aromatic rings. The van der Waals surface area contributed by atoms with Gasteiger partial charge in [0.05, 0.1) is 0 Å². The van der Waals surface area contributed by atoms with Gasteiger partial charge in [0.2, 0.25) is 0 Å². The van der Waals surface area contributed by atoms with Crippen LogP contribution in [0.4, 0.5) is 0 Å². The molecule has 0 heterocycles. The molecule has 1 N–H and O–H groups in total. The maximum atomic E-state index is 10.4. The van der Waals surface area contributed by atoms with Crippen LogP contribution in [0, 0.1) is 5.92 Å². The van der Waals surface area contributed by atoms with Crippen LogP contribution in [0.2, 0.25) is 0 Å². The second-order valence-electron chi connectivity index (χ2n) is 9.03. The molecule has 2 heteroatoms. The third kappa shape index (κ3) is 17.5. The number of allylic oxidation sites excluding steroid dienone is 6. The van der Waals surface area contributed by atoms with Gasteiger partial charge in [-0.05, 0) is 70.1 Å². The Morgan fingerprint density at radius 3 is 2.00 bits per heavy atom. The van der Waals surface area contributed by atoms with Crippen LogP contribution in [0.3, 0.4) is 0 Å². The summed E-state index contributed by atoms with van der Waals surface area (Å²) in [5, 5.41) is 8.59.